The molecule has 0 N–H and O–H groups in total. The topological polar surface area (TPSA) is 61.8 Å². The normalized spacial score (nSPS) is 15.5. The number of hydrogen-bond donors (Lipinski definition) is 0. The maximum Gasteiger partial charge on any atom is 0.346 e. The number of fused-ring (bicyclic) bond motifs is 2. The molecule has 152 valence electrons. The minimum Gasteiger partial charge on any atom is -0.488 e. The molecule has 3 aromatic carbocycles. The van der Waals surface area contributed by atoms with Crippen molar-refractivity contribution in [2.75, 3.05) is 6.61 Å². The number of rotatable bonds is 3. The van der Waals surface area contributed by atoms with E-state index < -0.39 is 11.8 Å². The molecule has 2 aliphatic rings. The van der Waals surface area contributed by atoms with E-state index in [-0.39, 0.29) is 28.6 Å². The summed E-state index contributed by atoms with van der Waals surface area (Å²) in [5.41, 5.74) is 1.90. The highest BCUT2D eigenvalue weighted by atomic mass is 19.1. The van der Waals surface area contributed by atoms with E-state index in [1.165, 1.54) is 36.4 Å². The average molecular weight is 414 g/mol. The van der Waals surface area contributed by atoms with Crippen molar-refractivity contribution in [2.45, 2.75) is 0 Å². The first-order valence-corrected chi connectivity index (χ1v) is 9.56. The van der Waals surface area contributed by atoms with E-state index in [1.807, 2.05) is 30.3 Å². The monoisotopic (exact) mass is 414 g/mol. The van der Waals surface area contributed by atoms with E-state index in [4.69, 9.17) is 14.2 Å². The van der Waals surface area contributed by atoms with Crippen LogP contribution in [0.15, 0.2) is 84.1 Å². The second-order valence-electron chi connectivity index (χ2n) is 7.01. The predicted molar refractivity (Wildman–Crippen MR) is 111 cm³/mol. The quantitative estimate of drug-likeness (QED) is 0.344. The third kappa shape index (κ3) is 3.59. The molecule has 0 saturated heterocycles. The van der Waals surface area contributed by atoms with Gasteiger partial charge < -0.3 is 14.2 Å². The van der Waals surface area contributed by atoms with E-state index in [0.29, 0.717) is 12.2 Å². The molecule has 0 amide bonds. The van der Waals surface area contributed by atoms with Gasteiger partial charge in [-0.05, 0) is 48.1 Å². The van der Waals surface area contributed by atoms with Gasteiger partial charge in [0.25, 0.3) is 0 Å². The number of carbonyl (C=O) groups is 2. The van der Waals surface area contributed by atoms with Gasteiger partial charge in [-0.15, -0.1) is 0 Å². The largest absolute Gasteiger partial charge is 0.488 e. The standard InChI is InChI=1S/C25H15FO5/c26-20-7-3-2-6-18(20)25(28)30-17-9-10-19-22(13-17)31-23(24(19)27)12-15-11-16-5-1-4-8-21(16)29-14-15/h1-13H,14H2/b23-12+. The van der Waals surface area contributed by atoms with Gasteiger partial charge in [-0.3, -0.25) is 4.79 Å². The summed E-state index contributed by atoms with van der Waals surface area (Å²) in [6.07, 6.45) is 3.58. The van der Waals surface area contributed by atoms with Gasteiger partial charge in [0.2, 0.25) is 5.78 Å². The number of Topliss-reactive ketones (excluding diaryl/α,β-unsaturated/α-hetero) is 1. The fourth-order valence-corrected chi connectivity index (χ4v) is 3.40. The Balaban J connectivity index is 1.37. The highest BCUT2D eigenvalue weighted by Gasteiger charge is 2.29. The Kier molecular flexibility index (Phi) is 4.59. The van der Waals surface area contributed by atoms with Crippen LogP contribution in [0.1, 0.15) is 26.3 Å². The molecule has 0 spiro atoms. The lowest BCUT2D eigenvalue weighted by molar-refractivity contribution is 0.0729. The van der Waals surface area contributed by atoms with Gasteiger partial charge in [0.15, 0.2) is 5.76 Å². The summed E-state index contributed by atoms with van der Waals surface area (Å²) in [5.74, 6) is -0.421. The Morgan fingerprint density at radius 1 is 1.00 bits per heavy atom. The summed E-state index contributed by atoms with van der Waals surface area (Å²) in [4.78, 5) is 24.9. The fraction of sp³-hybridized carbons (Fsp3) is 0.0400. The van der Waals surface area contributed by atoms with Crippen LogP contribution in [0.4, 0.5) is 4.39 Å². The molecule has 0 bridgehead atoms. The van der Waals surface area contributed by atoms with Crippen molar-refractivity contribution >= 4 is 17.8 Å². The molecule has 3 aromatic rings. The van der Waals surface area contributed by atoms with Gasteiger partial charge in [-0.2, -0.15) is 0 Å². The number of hydrogen-bond acceptors (Lipinski definition) is 5. The summed E-state index contributed by atoms with van der Waals surface area (Å²) in [6, 6.07) is 17.6. The van der Waals surface area contributed by atoms with Gasteiger partial charge in [0.05, 0.1) is 11.1 Å². The van der Waals surface area contributed by atoms with E-state index >= 15 is 0 Å². The first-order chi connectivity index (χ1) is 15.1. The van der Waals surface area contributed by atoms with Crippen molar-refractivity contribution in [1.29, 1.82) is 0 Å². The third-order valence-corrected chi connectivity index (χ3v) is 4.92. The summed E-state index contributed by atoms with van der Waals surface area (Å²) >= 11 is 0. The fourth-order valence-electron chi connectivity index (χ4n) is 3.40. The molecule has 31 heavy (non-hydrogen) atoms. The first kappa shape index (κ1) is 18.8. The Labute approximate surface area is 177 Å². The lowest BCUT2D eigenvalue weighted by Crippen LogP contribution is -2.10. The van der Waals surface area contributed by atoms with Crippen molar-refractivity contribution in [3.63, 3.8) is 0 Å². The molecule has 5 rings (SSSR count). The number of ether oxygens (including phenoxy) is 3. The van der Waals surface area contributed by atoms with Gasteiger partial charge in [0, 0.05) is 11.6 Å². The summed E-state index contributed by atoms with van der Waals surface area (Å²) < 4.78 is 30.4. The van der Waals surface area contributed by atoms with E-state index in [1.54, 1.807) is 12.1 Å². The summed E-state index contributed by atoms with van der Waals surface area (Å²) in [7, 11) is 0. The highest BCUT2D eigenvalue weighted by molar-refractivity contribution is 6.12. The number of esters is 1. The van der Waals surface area contributed by atoms with Gasteiger partial charge in [-0.25, -0.2) is 9.18 Å². The van der Waals surface area contributed by atoms with Crippen LogP contribution in [0, 0.1) is 5.82 Å². The minimum atomic E-state index is -0.832. The van der Waals surface area contributed by atoms with Crippen molar-refractivity contribution in [3.05, 3.63) is 107 Å². The van der Waals surface area contributed by atoms with Crippen molar-refractivity contribution in [2.24, 2.45) is 0 Å². The number of carbonyl (C=O) groups excluding carboxylic acids is 2. The summed E-state index contributed by atoms with van der Waals surface area (Å²) in [5, 5.41) is 0. The van der Waals surface area contributed by atoms with Crippen LogP contribution in [0.3, 0.4) is 0 Å². The Morgan fingerprint density at radius 3 is 2.68 bits per heavy atom. The number of para-hydroxylation sites is 1. The molecular formula is C25H15FO5. The maximum absolute atomic E-state index is 13.8. The zero-order valence-electron chi connectivity index (χ0n) is 16.1. The maximum atomic E-state index is 13.8. The lowest BCUT2D eigenvalue weighted by atomic mass is 10.1. The highest BCUT2D eigenvalue weighted by Crippen LogP contribution is 2.35. The van der Waals surface area contributed by atoms with Crippen LogP contribution >= 0.6 is 0 Å². The average Bonchev–Trinajstić information content (AvgIpc) is 3.08. The van der Waals surface area contributed by atoms with Crippen LogP contribution in [-0.2, 0) is 0 Å². The smallest absolute Gasteiger partial charge is 0.346 e. The van der Waals surface area contributed by atoms with Crippen LogP contribution in [0.5, 0.6) is 17.2 Å². The van der Waals surface area contributed by atoms with Crippen LogP contribution < -0.4 is 14.2 Å². The molecule has 0 atom stereocenters. The number of allylic oxidation sites excluding steroid dienone is 1. The van der Waals surface area contributed by atoms with Crippen LogP contribution in [0.25, 0.3) is 6.08 Å². The second kappa shape index (κ2) is 7.57. The Bertz CT molecular complexity index is 1290. The van der Waals surface area contributed by atoms with Crippen LogP contribution in [0.2, 0.25) is 0 Å². The third-order valence-electron chi connectivity index (χ3n) is 4.92. The SMILES string of the molecule is O=C(Oc1ccc2c(c1)O/C(=C/C1=Cc3ccccc3OC1)C2=O)c1ccccc1F. The molecule has 0 fully saturated rings. The van der Waals surface area contributed by atoms with Gasteiger partial charge in [0.1, 0.15) is 29.7 Å². The zero-order chi connectivity index (χ0) is 21.4. The first-order valence-electron chi connectivity index (χ1n) is 9.56. The van der Waals surface area contributed by atoms with E-state index in [0.717, 1.165) is 16.9 Å². The van der Waals surface area contributed by atoms with E-state index in [9.17, 15) is 14.0 Å². The molecule has 0 unspecified atom stereocenters. The predicted octanol–water partition coefficient (Wildman–Crippen LogP) is 4.98. The Morgan fingerprint density at radius 2 is 1.81 bits per heavy atom. The minimum absolute atomic E-state index is 0.148. The van der Waals surface area contributed by atoms with Gasteiger partial charge in [-0.1, -0.05) is 30.3 Å². The summed E-state index contributed by atoms with van der Waals surface area (Å²) in [6.45, 7) is 0.318. The number of ketones is 1. The molecule has 0 aromatic heterocycles. The molecule has 0 radical (unpaired) electrons. The molecule has 6 heteroatoms. The van der Waals surface area contributed by atoms with Crippen molar-refractivity contribution in [1.82, 2.24) is 0 Å². The molecule has 0 saturated carbocycles. The molecule has 5 nitrogen and oxygen atoms in total. The molecular weight excluding hydrogens is 399 g/mol. The zero-order valence-corrected chi connectivity index (χ0v) is 16.1. The van der Waals surface area contributed by atoms with Crippen molar-refractivity contribution < 1.29 is 28.2 Å². The molecule has 2 heterocycles. The van der Waals surface area contributed by atoms with E-state index in [2.05, 4.69) is 0 Å². The number of halogens is 1. The Hall–Kier alpha value is -4.19. The molecule has 2 aliphatic heterocycles. The number of benzene rings is 3. The van der Waals surface area contributed by atoms with Gasteiger partial charge >= 0.3 is 5.97 Å². The molecule has 0 aliphatic carbocycles. The van der Waals surface area contributed by atoms with Crippen LogP contribution in [-0.4, -0.2) is 18.4 Å². The lowest BCUT2D eigenvalue weighted by Gasteiger charge is -2.15. The second-order valence-corrected chi connectivity index (χ2v) is 7.01. The van der Waals surface area contributed by atoms with Crippen molar-refractivity contribution in [3.8, 4) is 17.2 Å².